The van der Waals surface area contributed by atoms with E-state index in [0.29, 0.717) is 0 Å². The fourth-order valence-electron chi connectivity index (χ4n) is 0.900. The molecule has 0 aliphatic carbocycles. The topological polar surface area (TPSA) is 91.5 Å². The first-order chi connectivity index (χ1) is 6.21. The number of hydrogen-bond donors (Lipinski definition) is 2. The van der Waals surface area contributed by atoms with Gasteiger partial charge in [-0.1, -0.05) is 0 Å². The number of nitrogens with zero attached hydrogens (tertiary/aromatic N) is 2. The summed E-state index contributed by atoms with van der Waals surface area (Å²) in [7, 11) is -3.54. The molecule has 0 aliphatic heterocycles. The molecule has 0 saturated heterocycles. The molecule has 7 heteroatoms. The highest BCUT2D eigenvalue weighted by Gasteiger charge is 2.21. The molecule has 0 amide bonds. The summed E-state index contributed by atoms with van der Waals surface area (Å²) in [6, 6.07) is 2.76. The van der Waals surface area contributed by atoms with Crippen LogP contribution in [-0.4, -0.2) is 28.8 Å². The van der Waals surface area contributed by atoms with Gasteiger partial charge in [0.2, 0.25) is 9.84 Å². The van der Waals surface area contributed by atoms with Crippen molar-refractivity contribution in [2.75, 3.05) is 0 Å². The SMILES string of the molecule is O=S(=O)(c1cc[nH]n1)c1cc[nH]n1. The van der Waals surface area contributed by atoms with Crippen LogP contribution in [0, 0.1) is 0 Å². The lowest BCUT2D eigenvalue weighted by molar-refractivity contribution is 0.587. The molecule has 2 heterocycles. The number of H-pyrrole nitrogens is 2. The first-order valence-corrected chi connectivity index (χ1v) is 4.94. The van der Waals surface area contributed by atoms with E-state index in [4.69, 9.17) is 0 Å². The van der Waals surface area contributed by atoms with Gasteiger partial charge < -0.3 is 0 Å². The Morgan fingerprint density at radius 1 is 1.00 bits per heavy atom. The van der Waals surface area contributed by atoms with Crippen molar-refractivity contribution in [1.29, 1.82) is 0 Å². The minimum atomic E-state index is -3.54. The molecule has 68 valence electrons. The van der Waals surface area contributed by atoms with Gasteiger partial charge in [0, 0.05) is 12.4 Å². The number of aromatic amines is 2. The zero-order chi connectivity index (χ0) is 9.31. The summed E-state index contributed by atoms with van der Waals surface area (Å²) >= 11 is 0. The fraction of sp³-hybridized carbons (Fsp3) is 0. The van der Waals surface area contributed by atoms with Crippen LogP contribution in [0.2, 0.25) is 0 Å². The van der Waals surface area contributed by atoms with Gasteiger partial charge in [-0.2, -0.15) is 10.2 Å². The average molecular weight is 198 g/mol. The highest BCUT2D eigenvalue weighted by molar-refractivity contribution is 7.91. The van der Waals surface area contributed by atoms with Crippen molar-refractivity contribution in [3.63, 3.8) is 0 Å². The minimum Gasteiger partial charge on any atom is -0.284 e. The Morgan fingerprint density at radius 2 is 1.46 bits per heavy atom. The Kier molecular flexibility index (Phi) is 1.66. The molecule has 13 heavy (non-hydrogen) atoms. The average Bonchev–Trinajstić information content (AvgIpc) is 2.78. The van der Waals surface area contributed by atoms with Crippen molar-refractivity contribution in [2.45, 2.75) is 10.1 Å². The molecule has 0 fully saturated rings. The standard InChI is InChI=1S/C6H6N4O2S/c11-13(12,5-1-3-7-9-5)6-2-4-8-10-6/h1-4H,(H,7,9)(H,8,10). The normalized spacial score (nSPS) is 11.7. The lowest BCUT2D eigenvalue weighted by Crippen LogP contribution is -2.02. The third kappa shape index (κ3) is 1.22. The lowest BCUT2D eigenvalue weighted by Gasteiger charge is -1.92. The zero-order valence-corrected chi connectivity index (χ0v) is 7.25. The molecule has 2 N–H and O–H groups in total. The van der Waals surface area contributed by atoms with Crippen molar-refractivity contribution in [1.82, 2.24) is 20.4 Å². The highest BCUT2D eigenvalue weighted by atomic mass is 32.2. The van der Waals surface area contributed by atoms with E-state index >= 15 is 0 Å². The third-order valence-corrected chi connectivity index (χ3v) is 3.06. The second-order valence-electron chi connectivity index (χ2n) is 2.33. The Hall–Kier alpha value is -1.63. The van der Waals surface area contributed by atoms with Crippen LogP contribution in [0.4, 0.5) is 0 Å². The van der Waals surface area contributed by atoms with Crippen LogP contribution in [0.3, 0.4) is 0 Å². The lowest BCUT2D eigenvalue weighted by atomic mass is 10.7. The summed E-state index contributed by atoms with van der Waals surface area (Å²) in [6.45, 7) is 0. The summed E-state index contributed by atoms with van der Waals surface area (Å²) in [5, 5.41) is 12.0. The predicted octanol–water partition coefficient (Wildman–Crippen LogP) is -0.0344. The first kappa shape index (κ1) is 7.99. The summed E-state index contributed by atoms with van der Waals surface area (Å²) in [4.78, 5) is 0. The maximum absolute atomic E-state index is 11.6. The van der Waals surface area contributed by atoms with E-state index in [-0.39, 0.29) is 10.1 Å². The highest BCUT2D eigenvalue weighted by Crippen LogP contribution is 2.14. The molecule has 0 radical (unpaired) electrons. The second kappa shape index (κ2) is 2.70. The van der Waals surface area contributed by atoms with Gasteiger partial charge >= 0.3 is 0 Å². The van der Waals surface area contributed by atoms with Crippen LogP contribution in [0.1, 0.15) is 0 Å². The number of hydrogen-bond acceptors (Lipinski definition) is 4. The van der Waals surface area contributed by atoms with Crippen molar-refractivity contribution in [3.8, 4) is 0 Å². The monoisotopic (exact) mass is 198 g/mol. The van der Waals surface area contributed by atoms with Crippen LogP contribution >= 0.6 is 0 Å². The summed E-state index contributed by atoms with van der Waals surface area (Å²) in [5.41, 5.74) is 0. The number of aromatic nitrogens is 4. The van der Waals surface area contributed by atoms with E-state index in [1.807, 2.05) is 0 Å². The molecule has 0 atom stereocenters. The van der Waals surface area contributed by atoms with Gasteiger partial charge in [-0.25, -0.2) is 8.42 Å². The maximum Gasteiger partial charge on any atom is 0.244 e. The summed E-state index contributed by atoms with van der Waals surface area (Å²) in [6.07, 6.45) is 2.89. The molecule has 0 aliphatic rings. The molecule has 2 rings (SSSR count). The zero-order valence-electron chi connectivity index (χ0n) is 6.43. The summed E-state index contributed by atoms with van der Waals surface area (Å²) in [5.74, 6) is 0. The largest absolute Gasteiger partial charge is 0.284 e. The predicted molar refractivity (Wildman–Crippen MR) is 42.6 cm³/mol. The van der Waals surface area contributed by atoms with E-state index in [9.17, 15) is 8.42 Å². The fourth-order valence-corrected chi connectivity index (χ4v) is 1.95. The van der Waals surface area contributed by atoms with Gasteiger partial charge in [0.25, 0.3) is 0 Å². The van der Waals surface area contributed by atoms with E-state index in [1.54, 1.807) is 0 Å². The van der Waals surface area contributed by atoms with Crippen molar-refractivity contribution < 1.29 is 8.42 Å². The van der Waals surface area contributed by atoms with Gasteiger partial charge in [0.05, 0.1) is 0 Å². The molecular formula is C6H6N4O2S. The van der Waals surface area contributed by atoms with Crippen LogP contribution < -0.4 is 0 Å². The first-order valence-electron chi connectivity index (χ1n) is 3.46. The Bertz CT molecular complexity index is 430. The van der Waals surface area contributed by atoms with Crippen LogP contribution in [0.25, 0.3) is 0 Å². The Balaban J connectivity index is 2.56. The van der Waals surface area contributed by atoms with Gasteiger partial charge in [-0.15, -0.1) is 0 Å². The molecule has 0 aromatic carbocycles. The van der Waals surface area contributed by atoms with Crippen molar-refractivity contribution >= 4 is 9.84 Å². The second-order valence-corrected chi connectivity index (χ2v) is 4.17. The molecular weight excluding hydrogens is 192 g/mol. The number of nitrogens with one attached hydrogen (secondary N) is 2. The van der Waals surface area contributed by atoms with Crippen LogP contribution in [0.15, 0.2) is 34.6 Å². The van der Waals surface area contributed by atoms with E-state index < -0.39 is 9.84 Å². The van der Waals surface area contributed by atoms with Gasteiger partial charge in [0.15, 0.2) is 10.1 Å². The van der Waals surface area contributed by atoms with Crippen LogP contribution in [0.5, 0.6) is 0 Å². The van der Waals surface area contributed by atoms with Crippen molar-refractivity contribution in [2.24, 2.45) is 0 Å². The van der Waals surface area contributed by atoms with Crippen LogP contribution in [-0.2, 0) is 9.84 Å². The van der Waals surface area contributed by atoms with Crippen molar-refractivity contribution in [3.05, 3.63) is 24.5 Å². The summed E-state index contributed by atoms with van der Waals surface area (Å²) < 4.78 is 23.2. The maximum atomic E-state index is 11.6. The molecule has 0 spiro atoms. The van der Waals surface area contributed by atoms with E-state index in [1.165, 1.54) is 24.5 Å². The van der Waals surface area contributed by atoms with Gasteiger partial charge in [-0.3, -0.25) is 10.2 Å². The van der Waals surface area contributed by atoms with E-state index in [0.717, 1.165) is 0 Å². The molecule has 0 bridgehead atoms. The number of rotatable bonds is 2. The molecule has 0 saturated carbocycles. The third-order valence-electron chi connectivity index (χ3n) is 1.50. The molecule has 2 aromatic rings. The van der Waals surface area contributed by atoms with Gasteiger partial charge in [-0.05, 0) is 12.1 Å². The number of sulfone groups is 1. The molecule has 6 nitrogen and oxygen atoms in total. The van der Waals surface area contributed by atoms with Gasteiger partial charge in [0.1, 0.15) is 0 Å². The minimum absolute atomic E-state index is 0.0281. The Morgan fingerprint density at radius 3 is 1.77 bits per heavy atom. The van der Waals surface area contributed by atoms with E-state index in [2.05, 4.69) is 20.4 Å². The quantitative estimate of drug-likeness (QED) is 0.708. The Labute approximate surface area is 73.9 Å². The molecule has 2 aromatic heterocycles. The molecule has 0 unspecified atom stereocenters. The smallest absolute Gasteiger partial charge is 0.244 e.